The predicted octanol–water partition coefficient (Wildman–Crippen LogP) is 10.3. The first-order chi connectivity index (χ1) is 25.8. The Balaban J connectivity index is 0.000000272. The normalized spacial score (nSPS) is 11.9. The molecule has 0 radical (unpaired) electrons. The molecule has 0 spiro atoms. The number of rotatable bonds is 11. The average Bonchev–Trinajstić information content (AvgIpc) is 3.67. The summed E-state index contributed by atoms with van der Waals surface area (Å²) in [6, 6.07) is 36.9. The lowest BCUT2D eigenvalue weighted by Crippen LogP contribution is -2.26. The van der Waals surface area contributed by atoms with Crippen molar-refractivity contribution in [2.45, 2.75) is 67.3 Å². The molecule has 2 aliphatic carbocycles. The van der Waals surface area contributed by atoms with Gasteiger partial charge in [0.05, 0.1) is 6.61 Å². The van der Waals surface area contributed by atoms with Crippen LogP contribution in [0.5, 0.6) is 5.75 Å². The average molecular weight is 744 g/mol. The molecule has 0 saturated heterocycles. The van der Waals surface area contributed by atoms with Crippen molar-refractivity contribution in [3.05, 3.63) is 148 Å². The first-order valence-corrected chi connectivity index (χ1v) is 18.1. The molecule has 0 fully saturated rings. The van der Waals surface area contributed by atoms with E-state index >= 15 is 0 Å². The number of aryl methyl sites for hydroxylation is 2. The SMILES string of the molecule is C.C.CCC(=O)OCC1c2ccccc2-c2ccccc21.CCOC(=O)COc1cc(C)c(CNC(=O)OCC2c3ccccc3-c3ccccc32)c(C)c1. The molecule has 0 aliphatic heterocycles. The third kappa shape index (κ3) is 9.62. The molecule has 5 aromatic carbocycles. The quantitative estimate of drug-likeness (QED) is 0.106. The van der Waals surface area contributed by atoms with Crippen LogP contribution >= 0.6 is 0 Å². The van der Waals surface area contributed by atoms with Crippen molar-refractivity contribution in [2.75, 3.05) is 26.4 Å². The van der Waals surface area contributed by atoms with Gasteiger partial charge in [-0.15, -0.1) is 0 Å². The Morgan fingerprint density at radius 2 is 1.00 bits per heavy atom. The van der Waals surface area contributed by atoms with E-state index in [0.29, 0.717) is 31.9 Å². The largest absolute Gasteiger partial charge is 0.482 e. The van der Waals surface area contributed by atoms with Gasteiger partial charge in [-0.2, -0.15) is 0 Å². The van der Waals surface area contributed by atoms with Crippen LogP contribution in [-0.2, 0) is 30.3 Å². The number of ether oxygens (including phenoxy) is 4. The molecule has 8 nitrogen and oxygen atoms in total. The third-order valence-corrected chi connectivity index (χ3v) is 9.75. The van der Waals surface area contributed by atoms with Crippen LogP contribution in [0.4, 0.5) is 4.79 Å². The Morgan fingerprint density at radius 1 is 0.582 bits per heavy atom. The van der Waals surface area contributed by atoms with Crippen molar-refractivity contribution in [3.8, 4) is 28.0 Å². The lowest BCUT2D eigenvalue weighted by Gasteiger charge is -2.16. The lowest BCUT2D eigenvalue weighted by atomic mass is 9.98. The van der Waals surface area contributed by atoms with Crippen LogP contribution in [0.2, 0.25) is 0 Å². The van der Waals surface area contributed by atoms with Crippen molar-refractivity contribution in [3.63, 3.8) is 0 Å². The smallest absolute Gasteiger partial charge is 0.407 e. The van der Waals surface area contributed by atoms with Gasteiger partial charge in [0.25, 0.3) is 0 Å². The Labute approximate surface area is 325 Å². The van der Waals surface area contributed by atoms with E-state index in [9.17, 15) is 14.4 Å². The minimum absolute atomic E-state index is 0. The number of hydrogen-bond acceptors (Lipinski definition) is 7. The highest BCUT2D eigenvalue weighted by atomic mass is 16.6. The van der Waals surface area contributed by atoms with Crippen LogP contribution in [-0.4, -0.2) is 44.5 Å². The maximum Gasteiger partial charge on any atom is 0.407 e. The topological polar surface area (TPSA) is 100 Å². The molecule has 2 aliphatic rings. The van der Waals surface area contributed by atoms with Crippen LogP contribution in [0.25, 0.3) is 22.3 Å². The monoisotopic (exact) mass is 743 g/mol. The van der Waals surface area contributed by atoms with E-state index in [4.69, 9.17) is 18.9 Å². The molecule has 0 aromatic heterocycles. The van der Waals surface area contributed by atoms with Crippen molar-refractivity contribution >= 4 is 18.0 Å². The highest BCUT2D eigenvalue weighted by Crippen LogP contribution is 2.45. The molecule has 8 heteroatoms. The standard InChI is InChI=1S/C28H29NO5.C17H16O2.2CH4/c1-4-32-27(30)17-33-20-13-18(2)25(19(3)14-20)15-29-28(31)34-16-26-23-11-7-5-9-21(23)22-10-6-8-12-24(22)26;1-2-17(18)19-11-16-14-9-5-3-7-12(14)13-8-4-6-10-15(13)16;;/h5-14,26H,4,15-17H2,1-3H3,(H,29,31);3-10,16H,2,11H2,1H3;2*1H4. The number of carbonyl (C=O) groups is 3. The summed E-state index contributed by atoms with van der Waals surface area (Å²) >= 11 is 0. The summed E-state index contributed by atoms with van der Waals surface area (Å²) in [4.78, 5) is 35.4. The molecule has 0 atom stereocenters. The Hall–Kier alpha value is -5.89. The summed E-state index contributed by atoms with van der Waals surface area (Å²) in [6.07, 6.45) is -0.0287. The maximum atomic E-state index is 12.5. The van der Waals surface area contributed by atoms with E-state index in [-0.39, 0.29) is 45.9 Å². The number of esters is 2. The Morgan fingerprint density at radius 3 is 1.42 bits per heavy atom. The number of carbonyl (C=O) groups excluding carboxylic acids is 3. The van der Waals surface area contributed by atoms with Crippen molar-refractivity contribution in [1.82, 2.24) is 5.32 Å². The van der Waals surface area contributed by atoms with E-state index in [1.165, 1.54) is 44.5 Å². The number of benzene rings is 5. The fourth-order valence-electron chi connectivity index (χ4n) is 7.19. The minimum Gasteiger partial charge on any atom is -0.482 e. The van der Waals surface area contributed by atoms with E-state index in [0.717, 1.165) is 16.7 Å². The highest BCUT2D eigenvalue weighted by molar-refractivity contribution is 5.80. The molecule has 1 N–H and O–H groups in total. The predicted molar refractivity (Wildman–Crippen MR) is 218 cm³/mol. The number of nitrogens with one attached hydrogen (secondary N) is 1. The summed E-state index contributed by atoms with van der Waals surface area (Å²) in [5, 5.41) is 2.86. The number of alkyl carbamates (subject to hydrolysis) is 1. The zero-order valence-corrected chi connectivity index (χ0v) is 30.6. The fraction of sp³-hybridized carbons (Fsp3) is 0.298. The zero-order valence-electron chi connectivity index (χ0n) is 30.6. The molecule has 0 unspecified atom stereocenters. The number of hydrogen-bond donors (Lipinski definition) is 1. The Bertz CT molecular complexity index is 1990. The minimum atomic E-state index is -0.455. The molecule has 55 heavy (non-hydrogen) atoms. The van der Waals surface area contributed by atoms with Gasteiger partial charge in [0, 0.05) is 24.8 Å². The second-order valence-electron chi connectivity index (χ2n) is 13.1. The van der Waals surface area contributed by atoms with Crippen LogP contribution in [0.3, 0.4) is 0 Å². The second-order valence-corrected chi connectivity index (χ2v) is 13.1. The molecule has 1 amide bonds. The van der Waals surface area contributed by atoms with Crippen LogP contribution in [0.1, 0.15) is 85.9 Å². The molecule has 5 aromatic rings. The third-order valence-electron chi connectivity index (χ3n) is 9.75. The molecule has 0 heterocycles. The highest BCUT2D eigenvalue weighted by Gasteiger charge is 2.30. The maximum absolute atomic E-state index is 12.5. The molecule has 0 bridgehead atoms. The fourth-order valence-corrected chi connectivity index (χ4v) is 7.19. The summed E-state index contributed by atoms with van der Waals surface area (Å²) in [7, 11) is 0. The summed E-state index contributed by atoms with van der Waals surface area (Å²) in [5.74, 6) is 0.244. The van der Waals surface area contributed by atoms with Gasteiger partial charge in [-0.05, 0) is 94.1 Å². The van der Waals surface area contributed by atoms with Crippen molar-refractivity contribution in [2.24, 2.45) is 0 Å². The van der Waals surface area contributed by atoms with Crippen LogP contribution in [0.15, 0.2) is 109 Å². The van der Waals surface area contributed by atoms with Crippen LogP contribution in [0, 0.1) is 13.8 Å². The van der Waals surface area contributed by atoms with Gasteiger partial charge in [0.15, 0.2) is 6.61 Å². The van der Waals surface area contributed by atoms with Gasteiger partial charge in [-0.3, -0.25) is 4.79 Å². The number of fused-ring (bicyclic) bond motifs is 6. The first kappa shape index (κ1) is 41.9. The van der Waals surface area contributed by atoms with Crippen molar-refractivity contribution in [1.29, 1.82) is 0 Å². The van der Waals surface area contributed by atoms with E-state index < -0.39 is 12.1 Å². The van der Waals surface area contributed by atoms with E-state index in [2.05, 4.69) is 66.0 Å². The first-order valence-electron chi connectivity index (χ1n) is 18.1. The van der Waals surface area contributed by atoms with Crippen LogP contribution < -0.4 is 10.1 Å². The molecule has 0 saturated carbocycles. The molecule has 288 valence electrons. The number of amides is 1. The van der Waals surface area contributed by atoms with Gasteiger partial charge in [0.2, 0.25) is 0 Å². The second kappa shape index (κ2) is 19.4. The van der Waals surface area contributed by atoms with Gasteiger partial charge >= 0.3 is 18.0 Å². The molecular formula is C47H53NO7. The van der Waals surface area contributed by atoms with Gasteiger partial charge < -0.3 is 24.3 Å². The lowest BCUT2D eigenvalue weighted by molar-refractivity contribution is -0.145. The van der Waals surface area contributed by atoms with Gasteiger partial charge in [-0.1, -0.05) is 119 Å². The Kier molecular flexibility index (Phi) is 14.8. The summed E-state index contributed by atoms with van der Waals surface area (Å²) < 4.78 is 21.4. The van der Waals surface area contributed by atoms with E-state index in [1.807, 2.05) is 69.3 Å². The zero-order chi connectivity index (χ0) is 37.3. The van der Waals surface area contributed by atoms with Gasteiger partial charge in [0.1, 0.15) is 19.0 Å². The summed E-state index contributed by atoms with van der Waals surface area (Å²) in [5.41, 5.74) is 12.7. The van der Waals surface area contributed by atoms with E-state index in [1.54, 1.807) is 6.92 Å². The van der Waals surface area contributed by atoms with Gasteiger partial charge in [-0.25, -0.2) is 9.59 Å². The van der Waals surface area contributed by atoms with Crippen molar-refractivity contribution < 1.29 is 33.3 Å². The summed E-state index contributed by atoms with van der Waals surface area (Å²) in [6.45, 7) is 8.69. The molecular weight excluding hydrogens is 691 g/mol. The molecule has 7 rings (SSSR count).